The summed E-state index contributed by atoms with van der Waals surface area (Å²) in [5.41, 5.74) is 2.63. The summed E-state index contributed by atoms with van der Waals surface area (Å²) in [4.78, 5) is 19.3. The number of anilines is 1. The van der Waals surface area contributed by atoms with E-state index >= 15 is 0 Å². The van der Waals surface area contributed by atoms with Crippen LogP contribution in [-0.4, -0.2) is 41.1 Å². The van der Waals surface area contributed by atoms with Crippen LogP contribution in [0.4, 0.5) is 5.69 Å². The number of carbonyl (C=O) groups excluding carboxylic acids is 1. The summed E-state index contributed by atoms with van der Waals surface area (Å²) < 4.78 is 17.3. The van der Waals surface area contributed by atoms with Crippen molar-refractivity contribution in [3.63, 3.8) is 0 Å². The molecule has 0 spiro atoms. The molecule has 3 aromatic rings. The van der Waals surface area contributed by atoms with Crippen molar-refractivity contribution in [1.82, 2.24) is 15.2 Å². The Morgan fingerprint density at radius 2 is 1.86 bits per heavy atom. The lowest BCUT2D eigenvalue weighted by Gasteiger charge is -2.30. The lowest BCUT2D eigenvalue weighted by Crippen LogP contribution is -2.36. The summed E-state index contributed by atoms with van der Waals surface area (Å²) in [5, 5.41) is 9.38. The first-order valence-electron chi connectivity index (χ1n) is 11.7. The number of rotatable bonds is 9. The number of amides is 1. The number of aromatic nitrogens is 3. The highest BCUT2D eigenvalue weighted by Crippen LogP contribution is 2.44. The number of fused-ring (bicyclic) bond motifs is 3. The number of para-hydroxylation sites is 1. The zero-order valence-electron chi connectivity index (χ0n) is 20.5. The maximum Gasteiger partial charge on any atom is 0.247 e. The highest BCUT2D eigenvalue weighted by molar-refractivity contribution is 7.99. The molecule has 1 aliphatic heterocycles. The van der Waals surface area contributed by atoms with Crippen LogP contribution in [-0.2, 0) is 4.79 Å². The number of unbranched alkanes of at least 4 members (excludes halogenated alkanes) is 3. The molecule has 0 bridgehead atoms. The molecule has 1 atom stereocenters. The number of methoxy groups -OCH3 is 2. The second-order valence-electron chi connectivity index (χ2n) is 8.15. The van der Waals surface area contributed by atoms with Gasteiger partial charge >= 0.3 is 0 Å². The van der Waals surface area contributed by atoms with Crippen molar-refractivity contribution in [3.05, 3.63) is 48.0 Å². The molecule has 2 aromatic carbocycles. The number of hydrogen-bond donors (Lipinski definition) is 0. The van der Waals surface area contributed by atoms with Gasteiger partial charge in [-0.05, 0) is 30.7 Å². The normalized spacial score (nSPS) is 14.4. The molecule has 1 aromatic heterocycles. The Morgan fingerprint density at radius 1 is 1.06 bits per heavy atom. The standard InChI is InChI=1S/C26H30N4O4S/c1-5-6-7-10-15-35-26-27-24-23(28-29-26)19-11-8-9-12-20(19)30(17(2)31)25(34-24)18-13-14-21(32-3)22(16-18)33-4/h8-9,11-14,16,25H,5-7,10,15H2,1-4H3/t25-/m1/s1. The first-order valence-corrected chi connectivity index (χ1v) is 12.7. The van der Waals surface area contributed by atoms with Crippen LogP contribution in [0.25, 0.3) is 11.3 Å². The molecule has 0 fully saturated rings. The van der Waals surface area contributed by atoms with E-state index < -0.39 is 6.23 Å². The quantitative estimate of drug-likeness (QED) is 0.278. The number of ether oxygens (including phenoxy) is 3. The van der Waals surface area contributed by atoms with Gasteiger partial charge in [0, 0.05) is 23.8 Å². The summed E-state index contributed by atoms with van der Waals surface area (Å²) in [5.74, 6) is 2.20. The van der Waals surface area contributed by atoms with E-state index in [-0.39, 0.29) is 5.91 Å². The first-order chi connectivity index (χ1) is 17.1. The Kier molecular flexibility index (Phi) is 8.07. The Balaban J connectivity index is 1.77. The molecule has 0 N–H and O–H groups in total. The van der Waals surface area contributed by atoms with Gasteiger partial charge in [-0.25, -0.2) is 0 Å². The van der Waals surface area contributed by atoms with Gasteiger partial charge in [-0.3, -0.25) is 9.69 Å². The van der Waals surface area contributed by atoms with E-state index in [1.165, 1.54) is 26.2 Å². The predicted molar refractivity (Wildman–Crippen MR) is 136 cm³/mol. The molecule has 2 heterocycles. The predicted octanol–water partition coefficient (Wildman–Crippen LogP) is 5.67. The van der Waals surface area contributed by atoms with Gasteiger partial charge in [-0.15, -0.1) is 10.2 Å². The molecule has 0 saturated heterocycles. The minimum atomic E-state index is -0.784. The monoisotopic (exact) mass is 494 g/mol. The van der Waals surface area contributed by atoms with Crippen LogP contribution in [0.15, 0.2) is 47.6 Å². The van der Waals surface area contributed by atoms with Gasteiger partial charge in [0.2, 0.25) is 23.2 Å². The average molecular weight is 495 g/mol. The largest absolute Gasteiger partial charge is 0.493 e. The highest BCUT2D eigenvalue weighted by Gasteiger charge is 2.35. The van der Waals surface area contributed by atoms with Crippen LogP contribution in [0.5, 0.6) is 17.4 Å². The van der Waals surface area contributed by atoms with E-state index in [1.54, 1.807) is 36.9 Å². The summed E-state index contributed by atoms with van der Waals surface area (Å²) in [6, 6.07) is 13.0. The molecule has 8 nitrogen and oxygen atoms in total. The third kappa shape index (κ3) is 5.35. The van der Waals surface area contributed by atoms with Crippen LogP contribution < -0.4 is 19.1 Å². The fraction of sp³-hybridized carbons (Fsp3) is 0.385. The van der Waals surface area contributed by atoms with Crippen molar-refractivity contribution in [3.8, 4) is 28.6 Å². The molecule has 184 valence electrons. The van der Waals surface area contributed by atoms with Gasteiger partial charge < -0.3 is 14.2 Å². The minimum Gasteiger partial charge on any atom is -0.493 e. The lowest BCUT2D eigenvalue weighted by atomic mass is 10.1. The Hall–Kier alpha value is -3.33. The smallest absolute Gasteiger partial charge is 0.247 e. The van der Waals surface area contributed by atoms with Crippen molar-refractivity contribution in [2.75, 3.05) is 24.9 Å². The maximum atomic E-state index is 13.0. The van der Waals surface area contributed by atoms with Crippen molar-refractivity contribution >= 4 is 23.4 Å². The molecule has 0 radical (unpaired) electrons. The SMILES string of the molecule is CCCCCCSc1nnc2c(n1)O[C@H](c1ccc(OC)c(OC)c1)N(C(C)=O)c1ccccc1-2. The number of nitrogens with zero attached hydrogens (tertiary/aromatic N) is 4. The number of carbonyl (C=O) groups is 1. The molecular weight excluding hydrogens is 464 g/mol. The zero-order valence-corrected chi connectivity index (χ0v) is 21.3. The molecule has 9 heteroatoms. The van der Waals surface area contributed by atoms with E-state index in [0.717, 1.165) is 17.7 Å². The van der Waals surface area contributed by atoms with Crippen molar-refractivity contribution < 1.29 is 19.0 Å². The highest BCUT2D eigenvalue weighted by atomic mass is 32.2. The first kappa shape index (κ1) is 24.8. The van der Waals surface area contributed by atoms with Crippen LogP contribution in [0.3, 0.4) is 0 Å². The number of benzene rings is 2. The minimum absolute atomic E-state index is 0.177. The third-order valence-electron chi connectivity index (χ3n) is 5.77. The fourth-order valence-electron chi connectivity index (χ4n) is 4.03. The van der Waals surface area contributed by atoms with Crippen molar-refractivity contribution in [1.29, 1.82) is 0 Å². The second kappa shape index (κ2) is 11.4. The average Bonchev–Trinajstić information content (AvgIpc) is 3.02. The summed E-state index contributed by atoms with van der Waals surface area (Å²) in [7, 11) is 3.15. The molecule has 1 amide bonds. The van der Waals surface area contributed by atoms with Gasteiger partial charge in [0.15, 0.2) is 17.2 Å². The molecule has 0 unspecified atom stereocenters. The van der Waals surface area contributed by atoms with Gasteiger partial charge in [-0.2, -0.15) is 4.98 Å². The molecule has 0 saturated carbocycles. The molecule has 4 rings (SSSR count). The van der Waals surface area contributed by atoms with E-state index in [2.05, 4.69) is 17.1 Å². The van der Waals surface area contributed by atoms with Gasteiger partial charge in [0.25, 0.3) is 0 Å². The summed E-state index contributed by atoms with van der Waals surface area (Å²) >= 11 is 1.57. The lowest BCUT2D eigenvalue weighted by molar-refractivity contribution is -0.118. The Morgan fingerprint density at radius 3 is 2.60 bits per heavy atom. The molecule has 0 aliphatic carbocycles. The molecule has 1 aliphatic rings. The number of hydrogen-bond acceptors (Lipinski definition) is 8. The van der Waals surface area contributed by atoms with E-state index in [4.69, 9.17) is 19.2 Å². The fourth-order valence-corrected chi connectivity index (χ4v) is 4.81. The number of thioether (sulfide) groups is 1. The van der Waals surface area contributed by atoms with E-state index in [1.807, 2.05) is 36.4 Å². The topological polar surface area (TPSA) is 86.7 Å². The van der Waals surface area contributed by atoms with Crippen LogP contribution in [0.1, 0.15) is 51.3 Å². The Bertz CT molecular complexity index is 1190. The van der Waals surface area contributed by atoms with Crippen LogP contribution >= 0.6 is 11.8 Å². The van der Waals surface area contributed by atoms with E-state index in [9.17, 15) is 4.79 Å². The van der Waals surface area contributed by atoms with Crippen molar-refractivity contribution in [2.24, 2.45) is 0 Å². The summed E-state index contributed by atoms with van der Waals surface area (Å²) in [6.45, 7) is 3.71. The maximum absolute atomic E-state index is 13.0. The molecule has 35 heavy (non-hydrogen) atoms. The second-order valence-corrected chi connectivity index (χ2v) is 9.21. The van der Waals surface area contributed by atoms with Gasteiger partial charge in [0.1, 0.15) is 0 Å². The Labute approximate surface area is 210 Å². The van der Waals surface area contributed by atoms with Crippen LogP contribution in [0.2, 0.25) is 0 Å². The third-order valence-corrected chi connectivity index (χ3v) is 6.70. The van der Waals surface area contributed by atoms with Gasteiger partial charge in [0.05, 0.1) is 19.9 Å². The zero-order chi connectivity index (χ0) is 24.8. The van der Waals surface area contributed by atoms with E-state index in [0.29, 0.717) is 39.5 Å². The molecular formula is C26H30N4O4S. The van der Waals surface area contributed by atoms with Gasteiger partial charge in [-0.1, -0.05) is 56.1 Å². The van der Waals surface area contributed by atoms with Crippen LogP contribution in [0, 0.1) is 0 Å². The van der Waals surface area contributed by atoms with Crippen molar-refractivity contribution in [2.45, 2.75) is 50.9 Å². The summed E-state index contributed by atoms with van der Waals surface area (Å²) in [6.07, 6.45) is 3.90.